The van der Waals surface area contributed by atoms with Crippen LogP contribution in [0.3, 0.4) is 0 Å². The fourth-order valence-electron chi connectivity index (χ4n) is 8.74. The number of hydrogen-bond acceptors (Lipinski definition) is 4. The van der Waals surface area contributed by atoms with Crippen molar-refractivity contribution in [1.29, 1.82) is 0 Å². The largest absolute Gasteiger partial charge is 0.393 e. The van der Waals surface area contributed by atoms with Crippen molar-refractivity contribution in [3.8, 4) is 0 Å². The molecule has 0 bridgehead atoms. The Labute approximate surface area is 189 Å². The lowest BCUT2D eigenvalue weighted by atomic mass is 9.46. The molecule has 3 fully saturated rings. The van der Waals surface area contributed by atoms with E-state index >= 15 is 0 Å². The van der Waals surface area contributed by atoms with Crippen LogP contribution in [0.15, 0.2) is 11.6 Å². The molecule has 1 unspecified atom stereocenters. The Hall–Kier alpha value is -0.420. The highest BCUT2D eigenvalue weighted by atomic mass is 16.3. The molecule has 10 atom stereocenters. The van der Waals surface area contributed by atoms with Crippen LogP contribution in [-0.2, 0) is 0 Å². The minimum atomic E-state index is -0.972. The molecule has 0 spiro atoms. The zero-order chi connectivity index (χ0) is 22.8. The molecular formula is C27H46O4. The third-order valence-electron chi connectivity index (χ3n) is 10.4. The van der Waals surface area contributed by atoms with E-state index < -0.39 is 23.2 Å². The first-order valence-corrected chi connectivity index (χ1v) is 12.9. The van der Waals surface area contributed by atoms with E-state index in [1.165, 1.54) is 5.57 Å². The van der Waals surface area contributed by atoms with Gasteiger partial charge in [-0.1, -0.05) is 52.2 Å². The molecule has 4 rings (SSSR count). The number of hydrogen-bond donors (Lipinski definition) is 4. The first-order valence-electron chi connectivity index (χ1n) is 12.9. The summed E-state index contributed by atoms with van der Waals surface area (Å²) in [7, 11) is 0. The maximum Gasteiger partial charge on any atom is 0.0678 e. The second kappa shape index (κ2) is 8.11. The van der Waals surface area contributed by atoms with E-state index in [2.05, 4.69) is 33.8 Å². The molecule has 0 aromatic heterocycles. The third kappa shape index (κ3) is 3.74. The van der Waals surface area contributed by atoms with Gasteiger partial charge in [0.2, 0.25) is 0 Å². The Morgan fingerprint density at radius 1 is 1.13 bits per heavy atom. The van der Waals surface area contributed by atoms with E-state index in [1.807, 2.05) is 6.92 Å². The van der Waals surface area contributed by atoms with Crippen LogP contribution < -0.4 is 0 Å². The van der Waals surface area contributed by atoms with E-state index in [-0.39, 0.29) is 23.4 Å². The van der Waals surface area contributed by atoms with Gasteiger partial charge in [0.1, 0.15) is 0 Å². The summed E-state index contributed by atoms with van der Waals surface area (Å²) in [6.07, 6.45) is 8.76. The van der Waals surface area contributed by atoms with Crippen molar-refractivity contribution in [1.82, 2.24) is 0 Å². The second-order valence-corrected chi connectivity index (χ2v) is 12.7. The number of rotatable bonds is 5. The van der Waals surface area contributed by atoms with E-state index in [1.54, 1.807) is 0 Å². The van der Waals surface area contributed by atoms with Crippen LogP contribution in [0, 0.1) is 40.4 Å². The van der Waals surface area contributed by atoms with Crippen LogP contribution in [0.25, 0.3) is 0 Å². The summed E-state index contributed by atoms with van der Waals surface area (Å²) in [5.74, 6) is 1.36. The lowest BCUT2D eigenvalue weighted by Gasteiger charge is -2.60. The fourth-order valence-corrected chi connectivity index (χ4v) is 8.74. The number of fused-ring (bicyclic) bond motifs is 5. The Bertz CT molecular complexity index is 699. The summed E-state index contributed by atoms with van der Waals surface area (Å²) in [6, 6.07) is 0. The molecule has 0 heterocycles. The first kappa shape index (κ1) is 23.7. The normalized spacial score (nSPS) is 49.1. The second-order valence-electron chi connectivity index (χ2n) is 12.7. The first-order chi connectivity index (χ1) is 14.4. The standard InChI is InChI=1S/C27H46O4/c1-16(2)7-6-11-26(4,31)24-22(29)14-21-19-9-8-17-13-18(28)10-12-25(17,3)20(19)15-23(30)27(21,24)5/h8,16,18-24,28-31H,6-7,9-15H2,1-5H3/t18-,19+,20-,21-,22-,23+,24+,25-,26?,27+/m0/s1. The van der Waals surface area contributed by atoms with Gasteiger partial charge >= 0.3 is 0 Å². The molecule has 4 aliphatic rings. The monoisotopic (exact) mass is 434 g/mol. The fraction of sp³-hybridized carbons (Fsp3) is 0.926. The van der Waals surface area contributed by atoms with E-state index in [9.17, 15) is 20.4 Å². The number of allylic oxidation sites excluding steroid dienone is 1. The summed E-state index contributed by atoms with van der Waals surface area (Å²) < 4.78 is 0. The van der Waals surface area contributed by atoms with Crippen LogP contribution in [0.5, 0.6) is 0 Å². The van der Waals surface area contributed by atoms with Crippen molar-refractivity contribution in [3.05, 3.63) is 11.6 Å². The van der Waals surface area contributed by atoms with Gasteiger partial charge < -0.3 is 20.4 Å². The minimum absolute atomic E-state index is 0.0489. The van der Waals surface area contributed by atoms with E-state index in [0.717, 1.165) is 44.9 Å². The molecule has 3 saturated carbocycles. The molecule has 0 amide bonds. The Morgan fingerprint density at radius 3 is 2.52 bits per heavy atom. The van der Waals surface area contributed by atoms with Crippen LogP contribution in [0.2, 0.25) is 0 Å². The number of aliphatic hydroxyl groups excluding tert-OH is 3. The van der Waals surface area contributed by atoms with Crippen molar-refractivity contribution in [3.63, 3.8) is 0 Å². The maximum absolute atomic E-state index is 11.6. The van der Waals surface area contributed by atoms with Crippen molar-refractivity contribution < 1.29 is 20.4 Å². The molecule has 0 radical (unpaired) electrons. The topological polar surface area (TPSA) is 80.9 Å². The summed E-state index contributed by atoms with van der Waals surface area (Å²) >= 11 is 0. The van der Waals surface area contributed by atoms with Crippen LogP contribution >= 0.6 is 0 Å². The van der Waals surface area contributed by atoms with E-state index in [0.29, 0.717) is 30.6 Å². The summed E-state index contributed by atoms with van der Waals surface area (Å²) in [6.45, 7) is 10.8. The quantitative estimate of drug-likeness (QED) is 0.482. The van der Waals surface area contributed by atoms with Crippen molar-refractivity contribution in [2.45, 2.75) is 116 Å². The minimum Gasteiger partial charge on any atom is -0.393 e. The molecule has 31 heavy (non-hydrogen) atoms. The Morgan fingerprint density at radius 2 is 1.84 bits per heavy atom. The molecule has 0 aromatic rings. The van der Waals surface area contributed by atoms with Crippen molar-refractivity contribution >= 4 is 0 Å². The zero-order valence-electron chi connectivity index (χ0n) is 20.3. The molecule has 4 nitrogen and oxygen atoms in total. The summed E-state index contributed by atoms with van der Waals surface area (Å²) in [4.78, 5) is 0. The highest BCUT2D eigenvalue weighted by Gasteiger charge is 2.67. The predicted molar refractivity (Wildman–Crippen MR) is 123 cm³/mol. The van der Waals surface area contributed by atoms with Crippen LogP contribution in [0.1, 0.15) is 92.4 Å². The molecule has 4 aliphatic carbocycles. The van der Waals surface area contributed by atoms with Gasteiger partial charge in [0.25, 0.3) is 0 Å². The molecule has 0 saturated heterocycles. The van der Waals surface area contributed by atoms with Gasteiger partial charge in [-0.3, -0.25) is 0 Å². The van der Waals surface area contributed by atoms with Gasteiger partial charge in [-0.25, -0.2) is 0 Å². The maximum atomic E-state index is 11.6. The molecular weight excluding hydrogens is 388 g/mol. The predicted octanol–water partition coefficient (Wildman–Crippen LogP) is 4.45. The summed E-state index contributed by atoms with van der Waals surface area (Å²) in [5.41, 5.74) is 0.00432. The van der Waals surface area contributed by atoms with E-state index in [4.69, 9.17) is 0 Å². The smallest absolute Gasteiger partial charge is 0.0678 e. The highest BCUT2D eigenvalue weighted by Crippen LogP contribution is 2.67. The molecule has 4 N–H and O–H groups in total. The summed E-state index contributed by atoms with van der Waals surface area (Å²) in [5, 5.41) is 44.6. The van der Waals surface area contributed by atoms with Crippen LogP contribution in [-0.4, -0.2) is 44.3 Å². The van der Waals surface area contributed by atoms with Crippen molar-refractivity contribution in [2.75, 3.05) is 0 Å². The lowest BCUT2D eigenvalue weighted by molar-refractivity contribution is -0.174. The Balaban J connectivity index is 1.62. The van der Waals surface area contributed by atoms with Gasteiger partial charge in [0.15, 0.2) is 0 Å². The van der Waals surface area contributed by atoms with Gasteiger partial charge in [-0.2, -0.15) is 0 Å². The Kier molecular flexibility index (Phi) is 6.21. The van der Waals surface area contributed by atoms with Crippen molar-refractivity contribution in [2.24, 2.45) is 40.4 Å². The lowest BCUT2D eigenvalue weighted by Crippen LogP contribution is -2.59. The molecule has 0 aromatic carbocycles. The number of aliphatic hydroxyl groups is 4. The van der Waals surface area contributed by atoms with Gasteiger partial charge in [0, 0.05) is 11.3 Å². The molecule has 4 heteroatoms. The van der Waals surface area contributed by atoms with Crippen LogP contribution in [0.4, 0.5) is 0 Å². The average molecular weight is 435 g/mol. The third-order valence-corrected chi connectivity index (χ3v) is 10.4. The van der Waals surface area contributed by atoms with Gasteiger partial charge in [0.05, 0.1) is 23.9 Å². The zero-order valence-corrected chi connectivity index (χ0v) is 20.3. The molecule has 0 aliphatic heterocycles. The average Bonchev–Trinajstić information content (AvgIpc) is 2.95. The van der Waals surface area contributed by atoms with Gasteiger partial charge in [-0.15, -0.1) is 0 Å². The highest BCUT2D eigenvalue weighted by molar-refractivity contribution is 5.27. The van der Waals surface area contributed by atoms with Gasteiger partial charge in [-0.05, 0) is 81.0 Å². The SMILES string of the molecule is CC(C)CCCC(C)(O)[C@H]1[C@@H](O)C[C@H]2[C@@H]3CC=C4C[C@@H](O)CC[C@]4(C)[C@H]3C[C@@H](O)[C@]12C. The molecule has 178 valence electrons.